The zero-order valence-corrected chi connectivity index (χ0v) is 18.9. The number of carbonyl (C=O) groups is 2. The molecule has 0 aliphatic rings. The summed E-state index contributed by atoms with van der Waals surface area (Å²) in [6.45, 7) is 0. The number of rotatable bonds is 6. The molecule has 0 spiro atoms. The minimum absolute atomic E-state index is 0.342. The zero-order chi connectivity index (χ0) is 21.8. The van der Waals surface area contributed by atoms with Crippen molar-refractivity contribution < 1.29 is 9.59 Å². The van der Waals surface area contributed by atoms with Crippen LogP contribution >= 0.6 is 45.9 Å². The maximum atomic E-state index is 12.2. The van der Waals surface area contributed by atoms with Gasteiger partial charge in [-0.3, -0.25) is 9.59 Å². The Morgan fingerprint density at radius 1 is 0.710 bits per heavy atom. The number of carbonyl (C=O) groups excluding carboxylic acids is 2. The Kier molecular flexibility index (Phi) is 6.62. The van der Waals surface area contributed by atoms with E-state index in [1.807, 2.05) is 35.0 Å². The molecule has 0 radical (unpaired) electrons. The highest BCUT2D eigenvalue weighted by Crippen LogP contribution is 2.27. The second-order valence-corrected chi connectivity index (χ2v) is 8.95. The number of nitrogens with zero attached hydrogens (tertiary/aromatic N) is 2. The number of hydrogen-bond donors (Lipinski definition) is 2. The Bertz CT molecular complexity index is 1130. The van der Waals surface area contributed by atoms with Crippen LogP contribution in [0.2, 0.25) is 10.0 Å². The van der Waals surface area contributed by atoms with Crippen molar-refractivity contribution in [1.29, 1.82) is 0 Å². The Hall–Kier alpha value is -2.78. The molecular weight excluding hydrogens is 475 g/mol. The third kappa shape index (κ3) is 5.68. The number of anilines is 2. The molecule has 0 fully saturated rings. The van der Waals surface area contributed by atoms with Crippen LogP contribution in [0.3, 0.4) is 0 Å². The monoisotopic (exact) mass is 488 g/mol. The molecule has 4 rings (SSSR count). The smallest absolute Gasteiger partial charge is 0.235 e. The van der Waals surface area contributed by atoms with Gasteiger partial charge in [0.2, 0.25) is 11.8 Å². The topological polar surface area (TPSA) is 84.0 Å². The maximum absolute atomic E-state index is 12.2. The molecule has 4 aromatic rings. The van der Waals surface area contributed by atoms with Crippen molar-refractivity contribution in [2.75, 3.05) is 10.6 Å². The van der Waals surface area contributed by atoms with Crippen molar-refractivity contribution in [3.05, 3.63) is 69.3 Å². The lowest BCUT2D eigenvalue weighted by molar-refractivity contribution is -0.123. The van der Waals surface area contributed by atoms with Gasteiger partial charge in [-0.1, -0.05) is 47.5 Å². The molecule has 0 aliphatic carbocycles. The number of benzene rings is 2. The van der Waals surface area contributed by atoms with Gasteiger partial charge in [0.05, 0.1) is 11.4 Å². The molecule has 156 valence electrons. The van der Waals surface area contributed by atoms with Gasteiger partial charge < -0.3 is 10.6 Å². The molecule has 0 aliphatic heterocycles. The number of halogens is 2. The Morgan fingerprint density at radius 3 is 1.48 bits per heavy atom. The van der Waals surface area contributed by atoms with Gasteiger partial charge in [-0.15, -0.1) is 22.7 Å². The Labute approximate surface area is 195 Å². The first kappa shape index (κ1) is 21.5. The summed E-state index contributed by atoms with van der Waals surface area (Å²) in [4.78, 5) is 33.2. The lowest BCUT2D eigenvalue weighted by Gasteiger charge is -2.02. The fourth-order valence-corrected chi connectivity index (χ4v) is 4.37. The summed E-state index contributed by atoms with van der Waals surface area (Å²) in [6, 6.07) is 14.5. The lowest BCUT2D eigenvalue weighted by atomic mass is 10.2. The highest BCUT2D eigenvalue weighted by molar-refractivity contribution is 7.14. The average molecular weight is 489 g/mol. The van der Waals surface area contributed by atoms with Crippen LogP contribution in [0.5, 0.6) is 0 Å². The molecular formula is C21H14Cl2N4O2S2. The SMILES string of the molecule is O=C(CC(=O)Nc1nc(-c2ccc(Cl)cc2)cs1)Nc1nc(-c2ccc(Cl)cc2)cs1. The van der Waals surface area contributed by atoms with E-state index in [9.17, 15) is 9.59 Å². The minimum Gasteiger partial charge on any atom is -0.302 e. The van der Waals surface area contributed by atoms with Crippen LogP contribution in [0.25, 0.3) is 22.5 Å². The first-order valence-corrected chi connectivity index (χ1v) is 11.5. The van der Waals surface area contributed by atoms with E-state index in [0.29, 0.717) is 20.3 Å². The van der Waals surface area contributed by atoms with E-state index in [-0.39, 0.29) is 6.42 Å². The third-order valence-corrected chi connectivity index (χ3v) is 6.12. The lowest BCUT2D eigenvalue weighted by Crippen LogP contribution is -2.21. The van der Waals surface area contributed by atoms with Gasteiger partial charge in [0.15, 0.2) is 10.3 Å². The van der Waals surface area contributed by atoms with Gasteiger partial charge in [0.25, 0.3) is 0 Å². The summed E-state index contributed by atoms with van der Waals surface area (Å²) >= 11 is 14.4. The number of nitrogens with one attached hydrogen (secondary N) is 2. The molecule has 31 heavy (non-hydrogen) atoms. The van der Waals surface area contributed by atoms with Gasteiger partial charge in [0, 0.05) is 31.9 Å². The second kappa shape index (κ2) is 9.57. The van der Waals surface area contributed by atoms with E-state index in [1.54, 1.807) is 24.3 Å². The van der Waals surface area contributed by atoms with Crippen molar-refractivity contribution >= 4 is 68.0 Å². The first-order chi connectivity index (χ1) is 15.0. The Morgan fingerprint density at radius 2 is 1.10 bits per heavy atom. The Balaban J connectivity index is 1.32. The molecule has 2 aromatic heterocycles. The normalized spacial score (nSPS) is 10.6. The number of amides is 2. The van der Waals surface area contributed by atoms with E-state index in [2.05, 4.69) is 20.6 Å². The molecule has 10 heteroatoms. The van der Waals surface area contributed by atoms with Crippen molar-refractivity contribution in [3.63, 3.8) is 0 Å². The highest BCUT2D eigenvalue weighted by Gasteiger charge is 2.14. The highest BCUT2D eigenvalue weighted by atomic mass is 35.5. The van der Waals surface area contributed by atoms with E-state index < -0.39 is 11.8 Å². The average Bonchev–Trinajstić information content (AvgIpc) is 3.39. The van der Waals surface area contributed by atoms with Crippen LogP contribution in [0.4, 0.5) is 10.3 Å². The predicted octanol–water partition coefficient (Wildman–Crippen LogP) is 6.21. The van der Waals surface area contributed by atoms with Gasteiger partial charge in [0.1, 0.15) is 6.42 Å². The largest absolute Gasteiger partial charge is 0.302 e. The van der Waals surface area contributed by atoms with Crippen LogP contribution in [0.1, 0.15) is 6.42 Å². The zero-order valence-electron chi connectivity index (χ0n) is 15.8. The minimum atomic E-state index is -0.455. The quantitative estimate of drug-likeness (QED) is 0.316. The fourth-order valence-electron chi connectivity index (χ4n) is 2.64. The van der Waals surface area contributed by atoms with Crippen LogP contribution in [-0.4, -0.2) is 21.8 Å². The number of aromatic nitrogens is 2. The molecule has 0 bridgehead atoms. The van der Waals surface area contributed by atoms with Gasteiger partial charge in [-0.05, 0) is 24.3 Å². The van der Waals surface area contributed by atoms with Crippen molar-refractivity contribution in [2.45, 2.75) is 6.42 Å². The third-order valence-electron chi connectivity index (χ3n) is 4.10. The molecule has 2 amide bonds. The van der Waals surface area contributed by atoms with Gasteiger partial charge in [-0.2, -0.15) is 0 Å². The van der Waals surface area contributed by atoms with Gasteiger partial charge in [-0.25, -0.2) is 9.97 Å². The molecule has 2 heterocycles. The standard InChI is InChI=1S/C21H14Cl2N4O2S2/c22-14-5-1-12(2-6-14)16-10-30-20(24-16)26-18(28)9-19(29)27-21-25-17(11-31-21)13-3-7-15(23)8-4-13/h1-8,10-11H,9H2,(H,24,26,28)(H,25,27,29). The second-order valence-electron chi connectivity index (χ2n) is 6.36. The molecule has 2 N–H and O–H groups in total. The van der Waals surface area contributed by atoms with Crippen molar-refractivity contribution in [3.8, 4) is 22.5 Å². The van der Waals surface area contributed by atoms with Crippen LogP contribution < -0.4 is 10.6 Å². The van der Waals surface area contributed by atoms with Crippen molar-refractivity contribution in [2.24, 2.45) is 0 Å². The van der Waals surface area contributed by atoms with Crippen LogP contribution in [0, 0.1) is 0 Å². The summed E-state index contributed by atoms with van der Waals surface area (Å²) in [5, 5.41) is 11.1. The van der Waals surface area contributed by atoms with Crippen LogP contribution in [-0.2, 0) is 9.59 Å². The van der Waals surface area contributed by atoms with Crippen molar-refractivity contribution in [1.82, 2.24) is 9.97 Å². The maximum Gasteiger partial charge on any atom is 0.235 e. The molecule has 0 saturated carbocycles. The molecule has 0 unspecified atom stereocenters. The number of thiazole rings is 2. The summed E-state index contributed by atoms with van der Waals surface area (Å²) < 4.78 is 0. The summed E-state index contributed by atoms with van der Waals surface area (Å²) in [5.41, 5.74) is 3.22. The fraction of sp³-hybridized carbons (Fsp3) is 0.0476. The van der Waals surface area contributed by atoms with E-state index >= 15 is 0 Å². The summed E-state index contributed by atoms with van der Waals surface area (Å²) in [5.74, 6) is -0.909. The number of hydrogen-bond acceptors (Lipinski definition) is 6. The van der Waals surface area contributed by atoms with E-state index in [4.69, 9.17) is 23.2 Å². The summed E-state index contributed by atoms with van der Waals surface area (Å²) in [7, 11) is 0. The molecule has 2 aromatic carbocycles. The van der Waals surface area contributed by atoms with E-state index in [0.717, 1.165) is 22.5 Å². The van der Waals surface area contributed by atoms with E-state index in [1.165, 1.54) is 22.7 Å². The predicted molar refractivity (Wildman–Crippen MR) is 127 cm³/mol. The molecule has 0 saturated heterocycles. The van der Waals surface area contributed by atoms with Crippen LogP contribution in [0.15, 0.2) is 59.3 Å². The molecule has 6 nitrogen and oxygen atoms in total. The molecule has 0 atom stereocenters. The first-order valence-electron chi connectivity index (χ1n) is 8.99. The summed E-state index contributed by atoms with van der Waals surface area (Å²) in [6.07, 6.45) is -0.342. The van der Waals surface area contributed by atoms with Gasteiger partial charge >= 0.3 is 0 Å².